The Morgan fingerprint density at radius 1 is 1.56 bits per heavy atom. The van der Waals surface area contributed by atoms with E-state index in [1.807, 2.05) is 19.3 Å². The van der Waals surface area contributed by atoms with Gasteiger partial charge < -0.3 is 15.2 Å². The Kier molecular flexibility index (Phi) is 3.53. The fourth-order valence-corrected chi connectivity index (χ4v) is 1.89. The van der Waals surface area contributed by atoms with Crippen LogP contribution in [0, 0.1) is 6.92 Å². The molecule has 0 amide bonds. The molecule has 4 nitrogen and oxygen atoms in total. The fraction of sp³-hybridized carbons (Fsp3) is 0.583. The Labute approximate surface area is 95.7 Å². The summed E-state index contributed by atoms with van der Waals surface area (Å²) in [5, 5.41) is 13.3. The van der Waals surface area contributed by atoms with Gasteiger partial charge in [-0.2, -0.15) is 0 Å². The third-order valence-electron chi connectivity index (χ3n) is 2.80. The van der Waals surface area contributed by atoms with Crippen molar-refractivity contribution in [2.45, 2.75) is 25.5 Å². The van der Waals surface area contributed by atoms with Gasteiger partial charge in [-0.1, -0.05) is 6.07 Å². The Morgan fingerprint density at radius 2 is 2.44 bits per heavy atom. The van der Waals surface area contributed by atoms with E-state index in [0.717, 1.165) is 17.7 Å². The number of nitrogens with one attached hydrogen (secondary N) is 1. The molecule has 1 aliphatic rings. The summed E-state index contributed by atoms with van der Waals surface area (Å²) in [6.45, 7) is 4.42. The van der Waals surface area contributed by atoms with Crippen LogP contribution in [0.1, 0.15) is 17.5 Å². The second-order valence-electron chi connectivity index (χ2n) is 4.50. The van der Waals surface area contributed by atoms with Crippen molar-refractivity contribution in [2.24, 2.45) is 0 Å². The first-order chi connectivity index (χ1) is 7.68. The number of ether oxygens (including phenoxy) is 1. The first kappa shape index (κ1) is 11.5. The highest BCUT2D eigenvalue weighted by Crippen LogP contribution is 2.17. The number of hydrogen-bond acceptors (Lipinski definition) is 4. The smallest absolute Gasteiger partial charge is 0.102 e. The number of aryl methyl sites for hydroxylation is 1. The van der Waals surface area contributed by atoms with Crippen molar-refractivity contribution >= 4 is 0 Å². The molecule has 2 N–H and O–H groups in total. The molecular formula is C12H18N2O2. The van der Waals surface area contributed by atoms with Crippen LogP contribution in [0.15, 0.2) is 18.5 Å². The van der Waals surface area contributed by atoms with Gasteiger partial charge in [0.1, 0.15) is 5.60 Å². The molecule has 1 atom stereocenters. The minimum atomic E-state index is -0.683. The molecule has 2 rings (SSSR count). The summed E-state index contributed by atoms with van der Waals surface area (Å²) in [4.78, 5) is 4.12. The third kappa shape index (κ3) is 3.01. The molecule has 4 heteroatoms. The van der Waals surface area contributed by atoms with Gasteiger partial charge >= 0.3 is 0 Å². The number of hydrogen-bond donors (Lipinski definition) is 2. The van der Waals surface area contributed by atoms with E-state index in [-0.39, 0.29) is 0 Å². The molecule has 1 saturated heterocycles. The van der Waals surface area contributed by atoms with Crippen molar-refractivity contribution in [1.29, 1.82) is 0 Å². The zero-order valence-electron chi connectivity index (χ0n) is 9.57. The summed E-state index contributed by atoms with van der Waals surface area (Å²) in [7, 11) is 0. The maximum Gasteiger partial charge on any atom is 0.102 e. The van der Waals surface area contributed by atoms with Crippen molar-refractivity contribution < 1.29 is 9.84 Å². The Balaban J connectivity index is 1.79. The summed E-state index contributed by atoms with van der Waals surface area (Å²) < 4.78 is 5.18. The van der Waals surface area contributed by atoms with Crippen molar-refractivity contribution in [3.05, 3.63) is 29.6 Å². The average Bonchev–Trinajstić information content (AvgIpc) is 2.65. The lowest BCUT2D eigenvalue weighted by Gasteiger charge is -2.20. The molecule has 0 spiro atoms. The molecule has 1 aromatic heterocycles. The van der Waals surface area contributed by atoms with Gasteiger partial charge in [-0.15, -0.1) is 0 Å². The summed E-state index contributed by atoms with van der Waals surface area (Å²) >= 11 is 0. The molecule has 0 saturated carbocycles. The van der Waals surface area contributed by atoms with Crippen molar-refractivity contribution in [3.8, 4) is 0 Å². The van der Waals surface area contributed by atoms with E-state index in [1.54, 1.807) is 0 Å². The summed E-state index contributed by atoms with van der Waals surface area (Å²) in [6, 6.07) is 2.09. The fourth-order valence-electron chi connectivity index (χ4n) is 1.89. The quantitative estimate of drug-likeness (QED) is 0.784. The van der Waals surface area contributed by atoms with E-state index in [9.17, 15) is 5.11 Å². The predicted octanol–water partition coefficient (Wildman–Crippen LogP) is 0.631. The third-order valence-corrected chi connectivity index (χ3v) is 2.80. The number of nitrogens with zero attached hydrogens (tertiary/aromatic N) is 1. The molecule has 0 aliphatic carbocycles. The van der Waals surface area contributed by atoms with Crippen LogP contribution in [-0.2, 0) is 11.3 Å². The van der Waals surface area contributed by atoms with E-state index in [2.05, 4.69) is 16.4 Å². The Morgan fingerprint density at radius 3 is 3.12 bits per heavy atom. The Bertz CT molecular complexity index is 349. The molecule has 0 bridgehead atoms. The van der Waals surface area contributed by atoms with Gasteiger partial charge in [0.2, 0.25) is 0 Å². The number of aliphatic hydroxyl groups is 1. The van der Waals surface area contributed by atoms with Crippen LogP contribution in [0.5, 0.6) is 0 Å². The SMILES string of the molecule is Cc1cncc(CNCC2(O)CCOC2)c1. The lowest BCUT2D eigenvalue weighted by atomic mass is 10.0. The summed E-state index contributed by atoms with van der Waals surface area (Å²) in [5.41, 5.74) is 1.61. The van der Waals surface area contributed by atoms with Crippen LogP contribution in [-0.4, -0.2) is 35.5 Å². The standard InChI is InChI=1S/C12H18N2O2/c1-10-4-11(6-13-5-10)7-14-8-12(15)2-3-16-9-12/h4-6,14-15H,2-3,7-9H2,1H3. The molecule has 1 aromatic rings. The van der Waals surface area contributed by atoms with Crippen LogP contribution < -0.4 is 5.32 Å². The largest absolute Gasteiger partial charge is 0.386 e. The molecule has 2 heterocycles. The second-order valence-corrected chi connectivity index (χ2v) is 4.50. The maximum atomic E-state index is 10.0. The molecule has 0 aromatic carbocycles. The van der Waals surface area contributed by atoms with E-state index < -0.39 is 5.60 Å². The monoisotopic (exact) mass is 222 g/mol. The van der Waals surface area contributed by atoms with Crippen LogP contribution >= 0.6 is 0 Å². The molecule has 1 unspecified atom stereocenters. The zero-order valence-corrected chi connectivity index (χ0v) is 9.57. The van der Waals surface area contributed by atoms with Gasteiger partial charge in [-0.25, -0.2) is 0 Å². The molecular weight excluding hydrogens is 204 g/mol. The summed E-state index contributed by atoms with van der Waals surface area (Å²) in [6.07, 6.45) is 4.39. The van der Waals surface area contributed by atoms with Crippen molar-refractivity contribution in [2.75, 3.05) is 19.8 Å². The van der Waals surface area contributed by atoms with E-state index >= 15 is 0 Å². The zero-order chi connectivity index (χ0) is 11.4. The van der Waals surface area contributed by atoms with Crippen LogP contribution in [0.4, 0.5) is 0 Å². The van der Waals surface area contributed by atoms with Gasteiger partial charge in [0.15, 0.2) is 0 Å². The normalized spacial score (nSPS) is 24.9. The second kappa shape index (κ2) is 4.91. The van der Waals surface area contributed by atoms with Gasteiger partial charge in [0.25, 0.3) is 0 Å². The molecule has 16 heavy (non-hydrogen) atoms. The summed E-state index contributed by atoms with van der Waals surface area (Å²) in [5.74, 6) is 0. The van der Waals surface area contributed by atoms with Gasteiger partial charge in [-0.3, -0.25) is 4.98 Å². The van der Waals surface area contributed by atoms with Gasteiger partial charge in [0, 0.05) is 38.5 Å². The first-order valence-electron chi connectivity index (χ1n) is 5.59. The first-order valence-corrected chi connectivity index (χ1v) is 5.59. The van der Waals surface area contributed by atoms with Crippen molar-refractivity contribution in [1.82, 2.24) is 10.3 Å². The average molecular weight is 222 g/mol. The maximum absolute atomic E-state index is 10.0. The highest BCUT2D eigenvalue weighted by Gasteiger charge is 2.31. The Hall–Kier alpha value is -0.970. The molecule has 88 valence electrons. The highest BCUT2D eigenvalue weighted by molar-refractivity contribution is 5.16. The van der Waals surface area contributed by atoms with E-state index in [0.29, 0.717) is 26.2 Å². The predicted molar refractivity (Wildman–Crippen MR) is 61.1 cm³/mol. The number of pyridine rings is 1. The highest BCUT2D eigenvalue weighted by atomic mass is 16.5. The topological polar surface area (TPSA) is 54.4 Å². The van der Waals surface area contributed by atoms with E-state index in [1.165, 1.54) is 0 Å². The molecule has 1 fully saturated rings. The minimum Gasteiger partial charge on any atom is -0.386 e. The van der Waals surface area contributed by atoms with Crippen LogP contribution in [0.2, 0.25) is 0 Å². The van der Waals surface area contributed by atoms with Gasteiger partial charge in [-0.05, 0) is 18.1 Å². The van der Waals surface area contributed by atoms with Gasteiger partial charge in [0.05, 0.1) is 6.61 Å². The number of rotatable bonds is 4. The lowest BCUT2D eigenvalue weighted by molar-refractivity contribution is 0.0268. The van der Waals surface area contributed by atoms with Crippen LogP contribution in [0.3, 0.4) is 0 Å². The van der Waals surface area contributed by atoms with Crippen molar-refractivity contribution in [3.63, 3.8) is 0 Å². The molecule has 1 aliphatic heterocycles. The molecule has 0 radical (unpaired) electrons. The van der Waals surface area contributed by atoms with E-state index in [4.69, 9.17) is 4.74 Å². The van der Waals surface area contributed by atoms with Crippen LogP contribution in [0.25, 0.3) is 0 Å². The lowest BCUT2D eigenvalue weighted by Crippen LogP contribution is -2.40. The number of aromatic nitrogens is 1. The minimum absolute atomic E-state index is 0.437.